The van der Waals surface area contributed by atoms with Crippen LogP contribution >= 0.6 is 11.6 Å². The number of hydrogen-bond acceptors (Lipinski definition) is 3. The van der Waals surface area contributed by atoms with Gasteiger partial charge in [0.1, 0.15) is 0 Å². The van der Waals surface area contributed by atoms with E-state index in [0.717, 1.165) is 36.8 Å². The van der Waals surface area contributed by atoms with Crippen molar-refractivity contribution in [3.8, 4) is 0 Å². The van der Waals surface area contributed by atoms with Crippen molar-refractivity contribution >= 4 is 17.3 Å². The number of halogens is 1. The highest BCUT2D eigenvalue weighted by Crippen LogP contribution is 2.22. The summed E-state index contributed by atoms with van der Waals surface area (Å²) in [5, 5.41) is 0.741. The van der Waals surface area contributed by atoms with Gasteiger partial charge in [0, 0.05) is 29.9 Å². The van der Waals surface area contributed by atoms with E-state index < -0.39 is 0 Å². The quantitative estimate of drug-likeness (QED) is 0.823. The smallest absolute Gasteiger partial charge is 0.0622 e. The second-order valence-corrected chi connectivity index (χ2v) is 4.69. The molecule has 0 radical (unpaired) electrons. The van der Waals surface area contributed by atoms with Crippen molar-refractivity contribution in [3.05, 3.63) is 28.8 Å². The summed E-state index contributed by atoms with van der Waals surface area (Å²) in [6, 6.07) is 6.19. The Morgan fingerprint density at radius 1 is 1.56 bits per heavy atom. The molecule has 1 aliphatic rings. The number of benzene rings is 1. The number of likely N-dealkylation sites (N-methyl/N-ethyl adjacent to an activating group) is 1. The molecule has 4 heteroatoms. The van der Waals surface area contributed by atoms with Gasteiger partial charge in [-0.15, -0.1) is 0 Å². The van der Waals surface area contributed by atoms with Crippen LogP contribution in [0.3, 0.4) is 0 Å². The van der Waals surface area contributed by atoms with Crippen LogP contribution in [0, 0.1) is 0 Å². The SMILES string of the molecule is CN(Cc1ccc(N)cc1Cl)C1CCOC1. The summed E-state index contributed by atoms with van der Waals surface area (Å²) in [6.07, 6.45) is 1.10. The predicted octanol–water partition coefficient (Wildman–Crippen LogP) is 2.14. The maximum atomic E-state index is 6.14. The largest absolute Gasteiger partial charge is 0.399 e. The first-order valence-corrected chi connectivity index (χ1v) is 5.86. The highest BCUT2D eigenvalue weighted by Gasteiger charge is 2.20. The van der Waals surface area contributed by atoms with Gasteiger partial charge in [0.2, 0.25) is 0 Å². The van der Waals surface area contributed by atoms with Crippen molar-refractivity contribution in [2.45, 2.75) is 19.0 Å². The molecule has 0 bridgehead atoms. The average molecular weight is 241 g/mol. The Kier molecular flexibility index (Phi) is 3.69. The van der Waals surface area contributed by atoms with Crippen molar-refractivity contribution in [1.29, 1.82) is 0 Å². The van der Waals surface area contributed by atoms with Crippen molar-refractivity contribution in [1.82, 2.24) is 4.90 Å². The van der Waals surface area contributed by atoms with E-state index in [-0.39, 0.29) is 0 Å². The molecule has 1 saturated heterocycles. The molecule has 2 N–H and O–H groups in total. The molecule has 0 spiro atoms. The van der Waals surface area contributed by atoms with Gasteiger partial charge in [-0.2, -0.15) is 0 Å². The Bertz CT molecular complexity index is 364. The van der Waals surface area contributed by atoms with Gasteiger partial charge in [0.05, 0.1) is 6.61 Å². The van der Waals surface area contributed by atoms with Crippen LogP contribution in [0.5, 0.6) is 0 Å². The molecule has 1 aromatic rings. The van der Waals surface area contributed by atoms with Crippen LogP contribution in [0.4, 0.5) is 5.69 Å². The molecule has 16 heavy (non-hydrogen) atoms. The van der Waals surface area contributed by atoms with Gasteiger partial charge in [-0.25, -0.2) is 0 Å². The van der Waals surface area contributed by atoms with Gasteiger partial charge in [0.15, 0.2) is 0 Å². The predicted molar refractivity (Wildman–Crippen MR) is 66.6 cm³/mol. The van der Waals surface area contributed by atoms with E-state index in [0.29, 0.717) is 11.7 Å². The van der Waals surface area contributed by atoms with Crippen LogP contribution in [0.15, 0.2) is 18.2 Å². The molecule has 0 aromatic heterocycles. The van der Waals surface area contributed by atoms with Crippen LogP contribution in [0.25, 0.3) is 0 Å². The molecule has 1 aliphatic heterocycles. The van der Waals surface area contributed by atoms with Crippen LogP contribution in [-0.4, -0.2) is 31.2 Å². The van der Waals surface area contributed by atoms with E-state index in [1.165, 1.54) is 0 Å². The first-order chi connectivity index (χ1) is 7.66. The fraction of sp³-hybridized carbons (Fsp3) is 0.500. The number of hydrogen-bond donors (Lipinski definition) is 1. The average Bonchev–Trinajstić information content (AvgIpc) is 2.75. The second-order valence-electron chi connectivity index (χ2n) is 4.28. The van der Waals surface area contributed by atoms with E-state index in [1.54, 1.807) is 6.07 Å². The third-order valence-electron chi connectivity index (χ3n) is 3.03. The topological polar surface area (TPSA) is 38.5 Å². The van der Waals surface area contributed by atoms with E-state index in [4.69, 9.17) is 22.1 Å². The van der Waals surface area contributed by atoms with Crippen molar-refractivity contribution < 1.29 is 4.74 Å². The molecule has 0 amide bonds. The number of nitrogens with zero attached hydrogens (tertiary/aromatic N) is 1. The molecule has 3 nitrogen and oxygen atoms in total. The summed E-state index contributed by atoms with van der Waals surface area (Å²) in [4.78, 5) is 2.28. The first-order valence-electron chi connectivity index (χ1n) is 5.48. The lowest BCUT2D eigenvalue weighted by Gasteiger charge is -2.23. The molecule has 1 atom stereocenters. The molecule has 0 aliphatic carbocycles. The maximum absolute atomic E-state index is 6.14. The Labute approximate surface area is 101 Å². The third-order valence-corrected chi connectivity index (χ3v) is 3.38. The van der Waals surface area contributed by atoms with Crippen LogP contribution in [0.1, 0.15) is 12.0 Å². The van der Waals surface area contributed by atoms with Gasteiger partial charge in [-0.05, 0) is 31.2 Å². The Morgan fingerprint density at radius 2 is 2.38 bits per heavy atom. The summed E-state index contributed by atoms with van der Waals surface area (Å²) in [6.45, 7) is 2.53. The zero-order valence-corrected chi connectivity index (χ0v) is 10.2. The highest BCUT2D eigenvalue weighted by atomic mass is 35.5. The van der Waals surface area contributed by atoms with Crippen LogP contribution < -0.4 is 5.73 Å². The molecular formula is C12H17ClN2O. The summed E-state index contributed by atoms with van der Waals surface area (Å²) < 4.78 is 5.37. The Balaban J connectivity index is 2.02. The monoisotopic (exact) mass is 240 g/mol. The summed E-state index contributed by atoms with van der Waals surface area (Å²) in [5.41, 5.74) is 7.49. The summed E-state index contributed by atoms with van der Waals surface area (Å²) in [5.74, 6) is 0. The highest BCUT2D eigenvalue weighted by molar-refractivity contribution is 6.31. The van der Waals surface area contributed by atoms with Crippen LogP contribution in [-0.2, 0) is 11.3 Å². The van der Waals surface area contributed by atoms with Crippen molar-refractivity contribution in [2.24, 2.45) is 0 Å². The molecule has 1 aromatic carbocycles. The molecule has 1 fully saturated rings. The lowest BCUT2D eigenvalue weighted by Crippen LogP contribution is -2.31. The van der Waals surface area contributed by atoms with Gasteiger partial charge in [-0.1, -0.05) is 17.7 Å². The minimum atomic E-state index is 0.508. The lowest BCUT2D eigenvalue weighted by atomic mass is 10.1. The number of ether oxygens (including phenoxy) is 1. The van der Waals surface area contributed by atoms with Gasteiger partial charge in [0.25, 0.3) is 0 Å². The third kappa shape index (κ3) is 2.67. The van der Waals surface area contributed by atoms with Crippen molar-refractivity contribution in [2.75, 3.05) is 26.0 Å². The first kappa shape index (κ1) is 11.7. The molecule has 88 valence electrons. The fourth-order valence-corrected chi connectivity index (χ4v) is 2.21. The zero-order chi connectivity index (χ0) is 11.5. The molecular weight excluding hydrogens is 224 g/mol. The number of nitrogen functional groups attached to an aromatic ring is 1. The molecule has 2 rings (SSSR count). The summed E-state index contributed by atoms with van der Waals surface area (Å²) in [7, 11) is 2.10. The van der Waals surface area contributed by atoms with E-state index >= 15 is 0 Å². The molecule has 0 saturated carbocycles. The number of anilines is 1. The number of nitrogens with two attached hydrogens (primary N) is 1. The van der Waals surface area contributed by atoms with Crippen molar-refractivity contribution in [3.63, 3.8) is 0 Å². The number of rotatable bonds is 3. The van der Waals surface area contributed by atoms with E-state index in [9.17, 15) is 0 Å². The van der Waals surface area contributed by atoms with Gasteiger partial charge >= 0.3 is 0 Å². The summed E-state index contributed by atoms with van der Waals surface area (Å²) >= 11 is 6.14. The zero-order valence-electron chi connectivity index (χ0n) is 9.45. The fourth-order valence-electron chi connectivity index (χ4n) is 1.96. The van der Waals surface area contributed by atoms with Crippen LogP contribution in [0.2, 0.25) is 5.02 Å². The lowest BCUT2D eigenvalue weighted by molar-refractivity contribution is 0.156. The maximum Gasteiger partial charge on any atom is 0.0622 e. The minimum Gasteiger partial charge on any atom is -0.399 e. The second kappa shape index (κ2) is 5.04. The van der Waals surface area contributed by atoms with E-state index in [2.05, 4.69) is 11.9 Å². The Hall–Kier alpha value is -0.770. The molecule has 1 heterocycles. The minimum absolute atomic E-state index is 0.508. The van der Waals surface area contributed by atoms with E-state index in [1.807, 2.05) is 12.1 Å². The normalized spacial score (nSPS) is 20.6. The van der Waals surface area contributed by atoms with Gasteiger partial charge < -0.3 is 10.5 Å². The van der Waals surface area contributed by atoms with Gasteiger partial charge in [-0.3, -0.25) is 4.90 Å². The standard InChI is InChI=1S/C12H17ClN2O/c1-15(11-4-5-16-8-11)7-9-2-3-10(14)6-12(9)13/h2-3,6,11H,4-5,7-8,14H2,1H3. The molecule has 1 unspecified atom stereocenters. The Morgan fingerprint density at radius 3 is 3.00 bits per heavy atom.